The fourth-order valence-electron chi connectivity index (χ4n) is 10.4. The van der Waals surface area contributed by atoms with Gasteiger partial charge >= 0.3 is 0 Å². The third-order valence-corrected chi connectivity index (χ3v) is 13.9. The molecule has 3 aliphatic heterocycles. The van der Waals surface area contributed by atoms with E-state index in [1.165, 1.54) is 12.1 Å². The second-order valence-corrected chi connectivity index (χ2v) is 19.2. The molecule has 0 bridgehead atoms. The van der Waals surface area contributed by atoms with Gasteiger partial charge in [-0.1, -0.05) is 74.7 Å². The highest BCUT2D eigenvalue weighted by Crippen LogP contribution is 2.63. The van der Waals surface area contributed by atoms with Gasteiger partial charge < -0.3 is 55.1 Å². The first kappa shape index (κ1) is 51.0. The van der Waals surface area contributed by atoms with Crippen molar-refractivity contribution in [2.24, 2.45) is 35.0 Å². The monoisotopic (exact) mass is 898 g/mol. The maximum atomic E-state index is 13.6. The Balaban J connectivity index is 0.000000241. The lowest BCUT2D eigenvalue weighted by molar-refractivity contribution is -0.247. The van der Waals surface area contributed by atoms with Gasteiger partial charge in [0.05, 0.1) is 58.2 Å². The molecule has 4 aliphatic rings. The molecule has 15 heteroatoms. The average molecular weight is 899 g/mol. The van der Waals surface area contributed by atoms with Gasteiger partial charge in [0.15, 0.2) is 42.3 Å². The zero-order valence-electron chi connectivity index (χ0n) is 38.5. The number of aldehydes is 2. The second kappa shape index (κ2) is 20.7. The van der Waals surface area contributed by atoms with Crippen LogP contribution in [0.15, 0.2) is 12.1 Å². The SMILES string of the molecule is CCCC(C(=O)c1cc(CC(C)C)c(O)c(C=O)c1O)C1CC(O)C2(CC2CC)C(O)O1.CCCC(C(=O)c1cc(CC(C)C)c(O)c(C=O)c1O)C1CC(O)C2(OC2CC)C(O)O1. The van der Waals surface area contributed by atoms with Crippen LogP contribution < -0.4 is 0 Å². The van der Waals surface area contributed by atoms with Gasteiger partial charge in [0, 0.05) is 24.7 Å². The van der Waals surface area contributed by atoms with Crippen LogP contribution in [-0.4, -0.2) is 114 Å². The fourth-order valence-corrected chi connectivity index (χ4v) is 10.4. The van der Waals surface area contributed by atoms with Crippen molar-refractivity contribution in [3.05, 3.63) is 45.5 Å². The Hall–Kier alpha value is -3.96. The van der Waals surface area contributed by atoms with Gasteiger partial charge in [0.2, 0.25) is 0 Å². The molecule has 15 nitrogen and oxygen atoms in total. The summed E-state index contributed by atoms with van der Waals surface area (Å²) in [5.41, 5.74) is -1.70. The van der Waals surface area contributed by atoms with E-state index in [2.05, 4.69) is 0 Å². The number of hydrogen-bond donors (Lipinski definition) is 8. The molecule has 4 fully saturated rings. The number of ketones is 2. The summed E-state index contributed by atoms with van der Waals surface area (Å²) in [4.78, 5) is 50.2. The van der Waals surface area contributed by atoms with Gasteiger partial charge in [-0.15, -0.1) is 0 Å². The third-order valence-electron chi connectivity index (χ3n) is 13.9. The van der Waals surface area contributed by atoms with Gasteiger partial charge in [-0.05, 0) is 79.5 Å². The topological polar surface area (TPSA) is 261 Å². The number of ether oxygens (including phenoxy) is 3. The first-order valence-corrected chi connectivity index (χ1v) is 23.1. The number of carbonyl (C=O) groups is 4. The van der Waals surface area contributed by atoms with E-state index in [-0.39, 0.29) is 70.5 Å². The highest BCUT2D eigenvalue weighted by Gasteiger charge is 2.69. The second-order valence-electron chi connectivity index (χ2n) is 19.2. The van der Waals surface area contributed by atoms with E-state index in [0.29, 0.717) is 75.1 Å². The third kappa shape index (κ3) is 9.63. The van der Waals surface area contributed by atoms with Crippen molar-refractivity contribution in [1.29, 1.82) is 0 Å². The number of epoxide rings is 1. The van der Waals surface area contributed by atoms with Crippen molar-refractivity contribution in [3.8, 4) is 23.0 Å². The zero-order chi connectivity index (χ0) is 47.6. The average Bonchev–Trinajstić information content (AvgIpc) is 4.16. The smallest absolute Gasteiger partial charge is 0.189 e. The van der Waals surface area contributed by atoms with E-state index in [9.17, 15) is 60.0 Å². The summed E-state index contributed by atoms with van der Waals surface area (Å²) < 4.78 is 17.3. The number of hydrogen-bond acceptors (Lipinski definition) is 15. The van der Waals surface area contributed by atoms with Crippen LogP contribution in [0.2, 0.25) is 0 Å². The van der Waals surface area contributed by atoms with Gasteiger partial charge in [-0.25, -0.2) is 0 Å². The molecule has 12 unspecified atom stereocenters. The van der Waals surface area contributed by atoms with E-state index in [1.807, 2.05) is 55.4 Å². The first-order chi connectivity index (χ1) is 30.2. The van der Waals surface area contributed by atoms with Gasteiger partial charge in [-0.2, -0.15) is 0 Å². The van der Waals surface area contributed by atoms with Crippen LogP contribution in [0, 0.1) is 35.0 Å². The van der Waals surface area contributed by atoms with Crippen LogP contribution in [-0.2, 0) is 27.1 Å². The Morgan fingerprint density at radius 1 is 0.672 bits per heavy atom. The maximum Gasteiger partial charge on any atom is 0.189 e. The van der Waals surface area contributed by atoms with Crippen LogP contribution >= 0.6 is 0 Å². The van der Waals surface area contributed by atoms with Gasteiger partial charge in [0.1, 0.15) is 23.0 Å². The molecule has 2 spiro atoms. The number of phenolic OH excluding ortho intramolecular Hbond substituents is 4. The van der Waals surface area contributed by atoms with Gasteiger partial charge in [-0.3, -0.25) is 19.2 Å². The molecular weight excluding hydrogens is 829 g/mol. The predicted octanol–water partition coefficient (Wildman–Crippen LogP) is 6.32. The van der Waals surface area contributed by atoms with E-state index >= 15 is 0 Å². The van der Waals surface area contributed by atoms with E-state index in [1.54, 1.807) is 0 Å². The Morgan fingerprint density at radius 2 is 1.11 bits per heavy atom. The summed E-state index contributed by atoms with van der Waals surface area (Å²) >= 11 is 0. The molecule has 3 saturated heterocycles. The Bertz CT molecular complexity index is 1840. The number of benzene rings is 2. The predicted molar refractivity (Wildman–Crippen MR) is 235 cm³/mol. The normalized spacial score (nSPS) is 30.5. The molecule has 0 aromatic heterocycles. The van der Waals surface area contributed by atoms with E-state index in [4.69, 9.17) is 14.2 Å². The van der Waals surface area contributed by atoms with Crippen LogP contribution in [0.5, 0.6) is 23.0 Å². The standard InChI is InChI=1S/C25H36O7.C24H34O8/c1-5-7-16(19-10-20(27)25(24(31)32-19)11-15(25)6-2)22(29)17-9-14(8-13(3)4)21(28)18(12-26)23(17)30;1-5-7-14(17-10-18(26)24(23(30)31-17)19(6-2)32-24)21(28)15-9-13(8-12(3)4)20(27)16(11-25)22(15)29/h9,12-13,15-16,19-20,24,27-28,30-31H,5-8,10-11H2,1-4H3;9,11-12,14,17-19,23,26-27,29-30H,5-8,10H2,1-4H3. The molecule has 12 atom stereocenters. The molecule has 2 aromatic carbocycles. The van der Waals surface area contributed by atoms with Crippen LogP contribution in [0.4, 0.5) is 0 Å². The number of aromatic hydroxyl groups is 4. The van der Waals surface area contributed by atoms with E-state index < -0.39 is 82.9 Å². The molecule has 3 heterocycles. The molecule has 6 rings (SSSR count). The molecule has 64 heavy (non-hydrogen) atoms. The van der Waals surface area contributed by atoms with Crippen LogP contribution in [0.3, 0.4) is 0 Å². The first-order valence-electron chi connectivity index (χ1n) is 23.1. The molecule has 1 aliphatic carbocycles. The molecule has 356 valence electrons. The van der Waals surface area contributed by atoms with Crippen molar-refractivity contribution >= 4 is 24.1 Å². The Labute approximate surface area is 375 Å². The summed E-state index contributed by atoms with van der Waals surface area (Å²) in [5, 5.41) is 84.9. The number of phenols is 4. The zero-order valence-corrected chi connectivity index (χ0v) is 38.5. The lowest BCUT2D eigenvalue weighted by Gasteiger charge is -2.41. The molecule has 0 radical (unpaired) electrons. The Morgan fingerprint density at radius 3 is 1.44 bits per heavy atom. The Kier molecular flexibility index (Phi) is 16.5. The van der Waals surface area contributed by atoms with Gasteiger partial charge in [0.25, 0.3) is 0 Å². The lowest BCUT2D eigenvalue weighted by atomic mass is 9.79. The highest BCUT2D eigenvalue weighted by atomic mass is 16.7. The molecule has 2 aromatic rings. The largest absolute Gasteiger partial charge is 0.507 e. The van der Waals surface area contributed by atoms with Crippen molar-refractivity contribution in [3.63, 3.8) is 0 Å². The summed E-state index contributed by atoms with van der Waals surface area (Å²) in [6.07, 6.45) is 0.0400. The summed E-state index contributed by atoms with van der Waals surface area (Å²) in [7, 11) is 0. The van der Waals surface area contributed by atoms with Crippen molar-refractivity contribution < 1.29 is 74.2 Å². The quantitative estimate of drug-likeness (QED) is 0.0463. The summed E-state index contributed by atoms with van der Waals surface area (Å²) in [6, 6.07) is 2.88. The molecule has 1 saturated carbocycles. The minimum atomic E-state index is -1.37. The molecule has 8 N–H and O–H groups in total. The number of Topliss-reactive ketones (excluding diaryl/α,β-unsaturated/α-hetero) is 2. The minimum Gasteiger partial charge on any atom is -0.507 e. The number of carbonyl (C=O) groups excluding carboxylic acids is 4. The highest BCUT2D eigenvalue weighted by molar-refractivity contribution is 6.05. The number of aliphatic hydroxyl groups is 4. The van der Waals surface area contributed by atoms with Crippen LogP contribution in [0.1, 0.15) is 166 Å². The van der Waals surface area contributed by atoms with Crippen molar-refractivity contribution in [1.82, 2.24) is 0 Å². The molecule has 0 amide bonds. The summed E-state index contributed by atoms with van der Waals surface area (Å²) in [6.45, 7) is 15.5. The van der Waals surface area contributed by atoms with Crippen LogP contribution in [0.25, 0.3) is 0 Å². The van der Waals surface area contributed by atoms with Crippen molar-refractivity contribution in [2.45, 2.75) is 175 Å². The van der Waals surface area contributed by atoms with E-state index in [0.717, 1.165) is 6.42 Å². The maximum absolute atomic E-state index is 13.6. The molecular formula is C49H70O15. The lowest BCUT2D eigenvalue weighted by Crippen LogP contribution is -2.55. The van der Waals surface area contributed by atoms with Crippen molar-refractivity contribution in [2.75, 3.05) is 0 Å². The number of rotatable bonds is 18. The summed E-state index contributed by atoms with van der Waals surface area (Å²) in [5.74, 6) is -3.58. The fraction of sp³-hybridized carbons (Fsp3) is 0.673. The minimum absolute atomic E-state index is 0.0373. The number of aliphatic hydroxyl groups excluding tert-OH is 4.